The molecule has 0 aromatic heterocycles. The Bertz CT molecular complexity index is 445. The molecule has 1 aliphatic rings. The summed E-state index contributed by atoms with van der Waals surface area (Å²) < 4.78 is 43.8. The highest BCUT2D eigenvalue weighted by molar-refractivity contribution is 5.94. The fourth-order valence-electron chi connectivity index (χ4n) is 1.62. The molecule has 1 atom stereocenters. The number of ether oxygens (including phenoxy) is 1. The minimum Gasteiger partial charge on any atom is -0.368 e. The summed E-state index contributed by atoms with van der Waals surface area (Å²) in [6.45, 7) is 0.471. The second kappa shape index (κ2) is 4.75. The van der Waals surface area contributed by atoms with Crippen molar-refractivity contribution in [3.8, 4) is 0 Å². The number of benzene rings is 1. The number of nitrogens with one attached hydrogen (secondary N) is 1. The summed E-state index contributed by atoms with van der Waals surface area (Å²) in [4.78, 5) is 11.5. The lowest BCUT2D eigenvalue weighted by Gasteiger charge is -2.11. The van der Waals surface area contributed by atoms with Crippen molar-refractivity contribution in [1.82, 2.24) is 0 Å². The third kappa shape index (κ3) is 2.41. The lowest BCUT2D eigenvalue weighted by Crippen LogP contribution is -2.27. The molecule has 0 radical (unpaired) electrons. The number of amides is 1. The van der Waals surface area contributed by atoms with E-state index in [-0.39, 0.29) is 5.69 Å². The van der Waals surface area contributed by atoms with Crippen LogP contribution in [0.25, 0.3) is 0 Å². The number of carbonyl (C=O) groups excluding carboxylic acids is 1. The van der Waals surface area contributed by atoms with Crippen molar-refractivity contribution in [3.05, 3.63) is 29.6 Å². The van der Waals surface area contributed by atoms with Crippen LogP contribution in [0.2, 0.25) is 0 Å². The van der Waals surface area contributed by atoms with Gasteiger partial charge in [-0.1, -0.05) is 0 Å². The van der Waals surface area contributed by atoms with Crippen molar-refractivity contribution in [3.63, 3.8) is 0 Å². The number of hydrogen-bond acceptors (Lipinski definition) is 2. The Morgan fingerprint density at radius 1 is 1.29 bits per heavy atom. The van der Waals surface area contributed by atoms with E-state index in [4.69, 9.17) is 4.74 Å². The van der Waals surface area contributed by atoms with Crippen molar-refractivity contribution in [1.29, 1.82) is 0 Å². The maximum Gasteiger partial charge on any atom is 0.253 e. The second-order valence-corrected chi connectivity index (χ2v) is 3.71. The molecule has 0 bridgehead atoms. The van der Waals surface area contributed by atoms with Crippen LogP contribution < -0.4 is 5.32 Å². The largest absolute Gasteiger partial charge is 0.368 e. The predicted octanol–water partition coefficient (Wildman–Crippen LogP) is 2.22. The van der Waals surface area contributed by atoms with Gasteiger partial charge in [0.1, 0.15) is 6.10 Å². The minimum absolute atomic E-state index is 0.385. The first-order chi connectivity index (χ1) is 8.09. The summed E-state index contributed by atoms with van der Waals surface area (Å²) in [5, 5.41) is 2.17. The zero-order valence-electron chi connectivity index (χ0n) is 8.80. The van der Waals surface area contributed by atoms with Crippen LogP contribution in [0.5, 0.6) is 0 Å². The van der Waals surface area contributed by atoms with Gasteiger partial charge in [-0.3, -0.25) is 4.79 Å². The molecule has 1 aromatic carbocycles. The third-order valence-corrected chi connectivity index (χ3v) is 2.52. The van der Waals surface area contributed by atoms with Crippen LogP contribution in [0.4, 0.5) is 18.9 Å². The molecule has 1 unspecified atom stereocenters. The van der Waals surface area contributed by atoms with Crippen molar-refractivity contribution >= 4 is 11.6 Å². The topological polar surface area (TPSA) is 38.3 Å². The average Bonchev–Trinajstić information content (AvgIpc) is 2.83. The lowest BCUT2D eigenvalue weighted by atomic mass is 10.2. The fourth-order valence-corrected chi connectivity index (χ4v) is 1.62. The van der Waals surface area contributed by atoms with E-state index in [0.29, 0.717) is 13.0 Å². The standard InChI is InChI=1S/C11H10F3NO2/c12-6-3-4-7(10(14)9(6)13)15-11(16)8-2-1-5-17-8/h3-4,8H,1-2,5H2,(H,15,16). The molecule has 1 aliphatic heterocycles. The van der Waals surface area contributed by atoms with Crippen molar-refractivity contribution in [2.75, 3.05) is 11.9 Å². The number of halogens is 3. The van der Waals surface area contributed by atoms with E-state index in [1.165, 1.54) is 0 Å². The molecule has 0 spiro atoms. The van der Waals surface area contributed by atoms with E-state index >= 15 is 0 Å². The Morgan fingerprint density at radius 2 is 2.06 bits per heavy atom. The van der Waals surface area contributed by atoms with Crippen molar-refractivity contribution in [2.24, 2.45) is 0 Å². The highest BCUT2D eigenvalue weighted by atomic mass is 19.2. The molecule has 92 valence electrons. The molecule has 1 heterocycles. The van der Waals surface area contributed by atoms with Crippen molar-refractivity contribution in [2.45, 2.75) is 18.9 Å². The van der Waals surface area contributed by atoms with Gasteiger partial charge in [-0.2, -0.15) is 0 Å². The quantitative estimate of drug-likeness (QED) is 0.811. The van der Waals surface area contributed by atoms with Crippen LogP contribution in [0, 0.1) is 17.5 Å². The maximum atomic E-state index is 13.2. The zero-order chi connectivity index (χ0) is 12.4. The molecule has 1 saturated heterocycles. The number of anilines is 1. The minimum atomic E-state index is -1.60. The Hall–Kier alpha value is -1.56. The zero-order valence-corrected chi connectivity index (χ0v) is 8.80. The van der Waals surface area contributed by atoms with E-state index in [9.17, 15) is 18.0 Å². The first-order valence-electron chi connectivity index (χ1n) is 5.15. The highest BCUT2D eigenvalue weighted by Crippen LogP contribution is 2.21. The van der Waals surface area contributed by atoms with E-state index in [1.807, 2.05) is 0 Å². The van der Waals surface area contributed by atoms with Gasteiger partial charge in [0.2, 0.25) is 0 Å². The van der Waals surface area contributed by atoms with E-state index in [1.54, 1.807) is 0 Å². The predicted molar refractivity (Wildman–Crippen MR) is 53.9 cm³/mol. The van der Waals surface area contributed by atoms with Gasteiger partial charge in [0.05, 0.1) is 5.69 Å². The fraction of sp³-hybridized carbons (Fsp3) is 0.364. The van der Waals surface area contributed by atoms with Gasteiger partial charge < -0.3 is 10.1 Å². The lowest BCUT2D eigenvalue weighted by molar-refractivity contribution is -0.124. The van der Waals surface area contributed by atoms with Gasteiger partial charge >= 0.3 is 0 Å². The first-order valence-corrected chi connectivity index (χ1v) is 5.15. The van der Waals surface area contributed by atoms with Gasteiger partial charge in [0, 0.05) is 6.61 Å². The molecule has 0 saturated carbocycles. The molecule has 1 amide bonds. The van der Waals surface area contributed by atoms with Crippen LogP contribution in [0.1, 0.15) is 12.8 Å². The molecule has 1 N–H and O–H groups in total. The summed E-state index contributed by atoms with van der Waals surface area (Å²) >= 11 is 0. The number of hydrogen-bond donors (Lipinski definition) is 1. The molecule has 2 rings (SSSR count). The molecule has 17 heavy (non-hydrogen) atoms. The van der Waals surface area contributed by atoms with E-state index in [0.717, 1.165) is 18.6 Å². The van der Waals surface area contributed by atoms with E-state index < -0.39 is 29.5 Å². The monoisotopic (exact) mass is 245 g/mol. The molecule has 1 fully saturated rings. The Morgan fingerprint density at radius 3 is 2.71 bits per heavy atom. The smallest absolute Gasteiger partial charge is 0.253 e. The normalized spacial score (nSPS) is 19.4. The summed E-state index contributed by atoms with van der Waals surface area (Å²) in [5.41, 5.74) is -0.385. The van der Waals surface area contributed by atoms with Crippen LogP contribution in [-0.4, -0.2) is 18.6 Å². The Labute approximate surface area is 95.6 Å². The summed E-state index contributed by atoms with van der Waals surface area (Å²) in [7, 11) is 0. The van der Waals surface area contributed by atoms with Crippen molar-refractivity contribution < 1.29 is 22.7 Å². The van der Waals surface area contributed by atoms with Gasteiger partial charge in [0.25, 0.3) is 5.91 Å². The SMILES string of the molecule is O=C(Nc1ccc(F)c(F)c1F)C1CCCO1. The van der Waals surface area contributed by atoms with Gasteiger partial charge in [-0.15, -0.1) is 0 Å². The summed E-state index contributed by atoms with van der Waals surface area (Å²) in [5.74, 6) is -4.85. The third-order valence-electron chi connectivity index (χ3n) is 2.52. The summed E-state index contributed by atoms with van der Waals surface area (Å²) in [6.07, 6.45) is 0.637. The first kappa shape index (κ1) is 11.9. The molecule has 0 aliphatic carbocycles. The van der Waals surface area contributed by atoms with Gasteiger partial charge in [0.15, 0.2) is 17.5 Å². The van der Waals surface area contributed by atoms with Gasteiger partial charge in [-0.05, 0) is 25.0 Å². The van der Waals surface area contributed by atoms with E-state index in [2.05, 4.69) is 5.32 Å². The Kier molecular flexibility index (Phi) is 3.33. The maximum absolute atomic E-state index is 13.2. The van der Waals surface area contributed by atoms with Crippen LogP contribution >= 0.6 is 0 Å². The second-order valence-electron chi connectivity index (χ2n) is 3.71. The van der Waals surface area contributed by atoms with Gasteiger partial charge in [-0.25, -0.2) is 13.2 Å². The van der Waals surface area contributed by atoms with Crippen LogP contribution in [0.15, 0.2) is 12.1 Å². The average molecular weight is 245 g/mol. The molecular formula is C11H10F3NO2. The number of rotatable bonds is 2. The number of carbonyl (C=O) groups is 1. The molecule has 6 heteroatoms. The highest BCUT2D eigenvalue weighted by Gasteiger charge is 2.25. The summed E-state index contributed by atoms with van der Waals surface area (Å²) in [6, 6.07) is 1.73. The van der Waals surface area contributed by atoms with Crippen LogP contribution in [-0.2, 0) is 9.53 Å². The van der Waals surface area contributed by atoms with Crippen LogP contribution in [0.3, 0.4) is 0 Å². The molecule has 1 aromatic rings. The molecular weight excluding hydrogens is 235 g/mol. The Balaban J connectivity index is 2.13. The molecule has 3 nitrogen and oxygen atoms in total.